The Kier molecular flexibility index (Phi) is 7.44. The van der Waals surface area contributed by atoms with Crippen LogP contribution in [0.15, 0.2) is 91.3 Å². The first kappa shape index (κ1) is 22.5. The number of carbonyl (C=O) groups is 1. The first-order chi connectivity index (χ1) is 16.7. The number of benzene rings is 2. The predicted molar refractivity (Wildman–Crippen MR) is 131 cm³/mol. The fraction of sp³-hybridized carbons (Fsp3) is 0.111. The van der Waals surface area contributed by atoms with Crippen LogP contribution >= 0.6 is 0 Å². The molecule has 0 aliphatic rings. The molecule has 0 saturated heterocycles. The molecule has 1 amide bonds. The number of ether oxygens (including phenoxy) is 1. The summed E-state index contributed by atoms with van der Waals surface area (Å²) in [5.41, 5.74) is 3.46. The van der Waals surface area contributed by atoms with Crippen LogP contribution in [0.1, 0.15) is 18.4 Å². The summed E-state index contributed by atoms with van der Waals surface area (Å²) in [7, 11) is 0. The van der Waals surface area contributed by atoms with Gasteiger partial charge in [0.15, 0.2) is 11.6 Å². The van der Waals surface area contributed by atoms with E-state index >= 15 is 0 Å². The zero-order valence-electron chi connectivity index (χ0n) is 18.5. The maximum atomic E-state index is 12.7. The Balaban J connectivity index is 1.54. The standard InChI is InChI=1S/C27H23N5O2/c28-17-7-8-19-34-24-14-9-18-29-27(24)30-25(33)16-15-22-20-32(23-12-5-2-6-13-23)31-26(22)21-10-3-1-4-11-21/h1-6,9-16,18,20H,7-8,19H2,(H,29,30,33). The van der Waals surface area contributed by atoms with Gasteiger partial charge in [-0.2, -0.15) is 10.4 Å². The van der Waals surface area contributed by atoms with Crippen LogP contribution in [0.5, 0.6) is 5.75 Å². The molecule has 4 aromatic rings. The summed E-state index contributed by atoms with van der Waals surface area (Å²) >= 11 is 0. The van der Waals surface area contributed by atoms with Crippen molar-refractivity contribution in [3.63, 3.8) is 0 Å². The first-order valence-electron chi connectivity index (χ1n) is 10.9. The number of hydrogen-bond acceptors (Lipinski definition) is 5. The van der Waals surface area contributed by atoms with Gasteiger partial charge in [0.2, 0.25) is 5.91 Å². The molecule has 0 aliphatic heterocycles. The van der Waals surface area contributed by atoms with Crippen LogP contribution in [0.4, 0.5) is 5.82 Å². The Hall–Kier alpha value is -4.70. The Labute approximate surface area is 198 Å². The van der Waals surface area contributed by atoms with Gasteiger partial charge in [-0.25, -0.2) is 9.67 Å². The summed E-state index contributed by atoms with van der Waals surface area (Å²) in [6.07, 6.45) is 7.68. The number of aromatic nitrogens is 3. The maximum Gasteiger partial charge on any atom is 0.249 e. The minimum atomic E-state index is -0.341. The molecule has 4 rings (SSSR count). The lowest BCUT2D eigenvalue weighted by Crippen LogP contribution is -2.11. The average molecular weight is 450 g/mol. The van der Waals surface area contributed by atoms with Gasteiger partial charge in [-0.3, -0.25) is 4.79 Å². The van der Waals surface area contributed by atoms with Gasteiger partial charge in [-0.1, -0.05) is 48.5 Å². The molecular weight excluding hydrogens is 426 g/mol. The highest BCUT2D eigenvalue weighted by Crippen LogP contribution is 2.25. The van der Waals surface area contributed by atoms with Gasteiger partial charge < -0.3 is 10.1 Å². The summed E-state index contributed by atoms with van der Waals surface area (Å²) in [4.78, 5) is 16.9. The van der Waals surface area contributed by atoms with Gasteiger partial charge in [0.1, 0.15) is 0 Å². The van der Waals surface area contributed by atoms with E-state index in [1.165, 1.54) is 6.08 Å². The molecule has 0 bridgehead atoms. The summed E-state index contributed by atoms with van der Waals surface area (Å²) in [5, 5.41) is 16.2. The number of anilines is 1. The molecule has 7 nitrogen and oxygen atoms in total. The topological polar surface area (TPSA) is 92.8 Å². The van der Waals surface area contributed by atoms with Crippen molar-refractivity contribution in [2.24, 2.45) is 0 Å². The fourth-order valence-corrected chi connectivity index (χ4v) is 3.30. The number of unbranched alkanes of at least 4 members (excludes halogenated alkanes) is 1. The Bertz CT molecular complexity index is 1310. The molecule has 7 heteroatoms. The van der Waals surface area contributed by atoms with Crippen LogP contribution in [0, 0.1) is 11.3 Å². The van der Waals surface area contributed by atoms with Crippen molar-refractivity contribution in [2.45, 2.75) is 12.8 Å². The molecule has 0 unspecified atom stereocenters. The molecule has 34 heavy (non-hydrogen) atoms. The van der Waals surface area contributed by atoms with Gasteiger partial charge in [0.25, 0.3) is 0 Å². The van der Waals surface area contributed by atoms with Crippen LogP contribution in [0.3, 0.4) is 0 Å². The Morgan fingerprint density at radius 1 is 1.06 bits per heavy atom. The minimum Gasteiger partial charge on any atom is -0.490 e. The number of hydrogen-bond donors (Lipinski definition) is 1. The van der Waals surface area contributed by atoms with Crippen LogP contribution in [0.25, 0.3) is 23.0 Å². The van der Waals surface area contributed by atoms with Gasteiger partial charge in [0.05, 0.1) is 24.1 Å². The summed E-state index contributed by atoms with van der Waals surface area (Å²) < 4.78 is 7.46. The molecule has 0 aliphatic carbocycles. The number of rotatable bonds is 9. The molecule has 0 atom stereocenters. The number of nitriles is 1. The minimum absolute atomic E-state index is 0.331. The van der Waals surface area contributed by atoms with Crippen molar-refractivity contribution in [2.75, 3.05) is 11.9 Å². The lowest BCUT2D eigenvalue weighted by Gasteiger charge is -2.09. The zero-order chi connectivity index (χ0) is 23.6. The van der Waals surface area contributed by atoms with E-state index in [0.29, 0.717) is 31.0 Å². The Morgan fingerprint density at radius 3 is 2.59 bits per heavy atom. The highest BCUT2D eigenvalue weighted by Gasteiger charge is 2.12. The van der Waals surface area contributed by atoms with E-state index in [0.717, 1.165) is 22.5 Å². The van der Waals surface area contributed by atoms with Crippen molar-refractivity contribution in [3.05, 3.63) is 96.8 Å². The van der Waals surface area contributed by atoms with E-state index in [1.54, 1.807) is 29.1 Å². The maximum absolute atomic E-state index is 12.7. The lowest BCUT2D eigenvalue weighted by molar-refractivity contribution is -0.111. The van der Waals surface area contributed by atoms with E-state index in [4.69, 9.17) is 15.1 Å². The third-order valence-electron chi connectivity index (χ3n) is 4.93. The van der Waals surface area contributed by atoms with Crippen molar-refractivity contribution in [1.29, 1.82) is 5.26 Å². The third kappa shape index (κ3) is 5.75. The van der Waals surface area contributed by atoms with Crippen molar-refractivity contribution >= 4 is 17.8 Å². The molecule has 2 heterocycles. The van der Waals surface area contributed by atoms with Crippen molar-refractivity contribution in [1.82, 2.24) is 14.8 Å². The second-order valence-electron chi connectivity index (χ2n) is 7.36. The van der Waals surface area contributed by atoms with Crippen molar-refractivity contribution in [3.8, 4) is 28.8 Å². The summed E-state index contributed by atoms with van der Waals surface area (Å²) in [5.74, 6) is 0.452. The van der Waals surface area contributed by atoms with Gasteiger partial charge in [-0.15, -0.1) is 0 Å². The zero-order valence-corrected chi connectivity index (χ0v) is 18.5. The number of nitrogens with one attached hydrogen (secondary N) is 1. The highest BCUT2D eigenvalue weighted by atomic mass is 16.5. The monoisotopic (exact) mass is 449 g/mol. The largest absolute Gasteiger partial charge is 0.490 e. The highest BCUT2D eigenvalue weighted by molar-refractivity contribution is 6.02. The number of para-hydroxylation sites is 1. The SMILES string of the molecule is N#CCCCOc1cccnc1NC(=O)C=Cc1cn(-c2ccccc2)nc1-c1ccccc1. The molecule has 0 spiro atoms. The molecular formula is C27H23N5O2. The lowest BCUT2D eigenvalue weighted by atomic mass is 10.1. The van der Waals surface area contributed by atoms with E-state index in [-0.39, 0.29) is 5.91 Å². The van der Waals surface area contributed by atoms with Crippen LogP contribution in [0.2, 0.25) is 0 Å². The Morgan fingerprint density at radius 2 is 1.82 bits per heavy atom. The second-order valence-corrected chi connectivity index (χ2v) is 7.36. The van der Waals surface area contributed by atoms with Crippen LogP contribution in [-0.4, -0.2) is 27.3 Å². The van der Waals surface area contributed by atoms with E-state index in [9.17, 15) is 4.79 Å². The number of amides is 1. The normalized spacial score (nSPS) is 10.7. The average Bonchev–Trinajstić information content (AvgIpc) is 3.32. The molecule has 0 radical (unpaired) electrons. The summed E-state index contributed by atoms with van der Waals surface area (Å²) in [6, 6.07) is 25.2. The third-order valence-corrected chi connectivity index (χ3v) is 4.93. The van der Waals surface area contributed by atoms with Crippen LogP contribution in [-0.2, 0) is 4.79 Å². The van der Waals surface area contributed by atoms with Gasteiger partial charge >= 0.3 is 0 Å². The van der Waals surface area contributed by atoms with Crippen molar-refractivity contribution < 1.29 is 9.53 Å². The molecule has 0 saturated carbocycles. The summed E-state index contributed by atoms with van der Waals surface area (Å²) in [6.45, 7) is 0.372. The fourth-order valence-electron chi connectivity index (χ4n) is 3.30. The molecule has 1 N–H and O–H groups in total. The van der Waals surface area contributed by atoms with E-state index < -0.39 is 0 Å². The first-order valence-corrected chi connectivity index (χ1v) is 10.9. The van der Waals surface area contributed by atoms with Gasteiger partial charge in [-0.05, 0) is 36.8 Å². The van der Waals surface area contributed by atoms with Gasteiger partial charge in [0, 0.05) is 36.0 Å². The molecule has 168 valence electrons. The second kappa shape index (κ2) is 11.2. The molecule has 0 fully saturated rings. The van der Waals surface area contributed by atoms with E-state index in [1.807, 2.05) is 66.9 Å². The van der Waals surface area contributed by atoms with E-state index in [2.05, 4.69) is 16.4 Å². The quantitative estimate of drug-likeness (QED) is 0.278. The number of carbonyl (C=O) groups excluding carboxylic acids is 1. The van der Waals surface area contributed by atoms with Crippen LogP contribution < -0.4 is 10.1 Å². The molecule has 2 aromatic heterocycles. The predicted octanol–water partition coefficient (Wildman–Crippen LogP) is 5.27. The number of nitrogens with zero attached hydrogens (tertiary/aromatic N) is 4. The number of pyridine rings is 1. The smallest absolute Gasteiger partial charge is 0.249 e. The molecule has 2 aromatic carbocycles.